The summed E-state index contributed by atoms with van der Waals surface area (Å²) < 4.78 is 32.0. The van der Waals surface area contributed by atoms with Gasteiger partial charge in [-0.15, -0.1) is 11.3 Å². The zero-order valence-corrected chi connectivity index (χ0v) is 14.3. The van der Waals surface area contributed by atoms with Crippen molar-refractivity contribution in [3.8, 4) is 0 Å². The Labute approximate surface area is 135 Å². The lowest BCUT2D eigenvalue weighted by Gasteiger charge is -2.22. The average molecular weight is 346 g/mol. The maximum absolute atomic E-state index is 12.6. The van der Waals surface area contributed by atoms with Crippen molar-refractivity contribution in [2.75, 3.05) is 26.3 Å². The molecule has 1 aliphatic heterocycles. The normalized spacial score (nSPS) is 19.4. The molecule has 1 amide bonds. The first-order valence-corrected chi connectivity index (χ1v) is 9.80. The molecule has 0 bridgehead atoms. The summed E-state index contributed by atoms with van der Waals surface area (Å²) in [5, 5.41) is 4.54. The van der Waals surface area contributed by atoms with E-state index in [0.29, 0.717) is 43.4 Å². The van der Waals surface area contributed by atoms with Crippen LogP contribution in [-0.2, 0) is 19.6 Å². The Morgan fingerprint density at radius 1 is 1.55 bits per heavy atom. The molecular weight excluding hydrogens is 324 g/mol. The summed E-state index contributed by atoms with van der Waals surface area (Å²) in [6.07, 6.45) is 2.01. The lowest BCUT2D eigenvalue weighted by atomic mass is 10.2. The van der Waals surface area contributed by atoms with Gasteiger partial charge in [-0.1, -0.05) is 6.07 Å². The van der Waals surface area contributed by atoms with E-state index in [0.717, 1.165) is 6.42 Å². The van der Waals surface area contributed by atoms with E-state index < -0.39 is 16.1 Å². The van der Waals surface area contributed by atoms with Crippen LogP contribution in [0.25, 0.3) is 0 Å². The number of rotatable bonds is 8. The highest BCUT2D eigenvalue weighted by Crippen LogP contribution is 2.28. The molecule has 8 heteroatoms. The van der Waals surface area contributed by atoms with Gasteiger partial charge in [-0.05, 0) is 37.6 Å². The van der Waals surface area contributed by atoms with E-state index in [-0.39, 0.29) is 5.91 Å². The fraction of sp³-hybridized carbons (Fsp3) is 0.643. The van der Waals surface area contributed by atoms with E-state index in [9.17, 15) is 13.2 Å². The standard InChI is InChI=1S/C14H22N2O4S2/c1-2-20-10-5-8-15-14(17)12-6-3-9-16(12)22(18,19)13-7-4-11-21-13/h4,7,11-12H,2-3,5-6,8-10H2,1H3,(H,15,17)/t12-/m0/s1. The first-order chi connectivity index (χ1) is 10.6. The van der Waals surface area contributed by atoms with Crippen LogP contribution < -0.4 is 5.32 Å². The molecule has 0 aromatic carbocycles. The van der Waals surface area contributed by atoms with Gasteiger partial charge in [0, 0.05) is 26.3 Å². The Morgan fingerprint density at radius 2 is 2.36 bits per heavy atom. The quantitative estimate of drug-likeness (QED) is 0.723. The van der Waals surface area contributed by atoms with Crippen LogP contribution in [0.3, 0.4) is 0 Å². The van der Waals surface area contributed by atoms with Crippen molar-refractivity contribution in [2.24, 2.45) is 0 Å². The molecular formula is C14H22N2O4S2. The molecule has 22 heavy (non-hydrogen) atoms. The fourth-order valence-corrected chi connectivity index (χ4v) is 5.24. The van der Waals surface area contributed by atoms with Gasteiger partial charge in [-0.2, -0.15) is 4.31 Å². The van der Waals surface area contributed by atoms with Gasteiger partial charge in [-0.3, -0.25) is 4.79 Å². The lowest BCUT2D eigenvalue weighted by Crippen LogP contribution is -2.46. The Kier molecular flexibility index (Phi) is 6.37. The molecule has 1 saturated heterocycles. The van der Waals surface area contributed by atoms with E-state index >= 15 is 0 Å². The molecule has 0 spiro atoms. The van der Waals surface area contributed by atoms with E-state index in [1.54, 1.807) is 17.5 Å². The molecule has 0 aliphatic carbocycles. The number of thiophene rings is 1. The van der Waals surface area contributed by atoms with E-state index in [1.807, 2.05) is 6.92 Å². The highest BCUT2D eigenvalue weighted by Gasteiger charge is 2.39. The molecule has 1 aromatic rings. The van der Waals surface area contributed by atoms with Crippen LogP contribution in [0, 0.1) is 0 Å². The fourth-order valence-electron chi connectivity index (χ4n) is 2.46. The number of hydrogen-bond acceptors (Lipinski definition) is 5. The molecule has 1 aromatic heterocycles. The molecule has 2 rings (SSSR count). The Morgan fingerprint density at radius 3 is 3.05 bits per heavy atom. The summed E-state index contributed by atoms with van der Waals surface area (Å²) in [5.74, 6) is -0.214. The molecule has 1 aliphatic rings. The number of nitrogens with one attached hydrogen (secondary N) is 1. The second-order valence-electron chi connectivity index (χ2n) is 5.05. The van der Waals surface area contributed by atoms with Gasteiger partial charge >= 0.3 is 0 Å². The number of amides is 1. The SMILES string of the molecule is CCOCCCNC(=O)[C@@H]1CCCN1S(=O)(=O)c1cccs1. The van der Waals surface area contributed by atoms with E-state index in [4.69, 9.17) is 4.74 Å². The van der Waals surface area contributed by atoms with Crippen molar-refractivity contribution in [1.82, 2.24) is 9.62 Å². The molecule has 1 atom stereocenters. The number of carbonyl (C=O) groups excluding carboxylic acids is 1. The molecule has 0 unspecified atom stereocenters. The van der Waals surface area contributed by atoms with Gasteiger partial charge in [0.15, 0.2) is 0 Å². The number of nitrogens with zero attached hydrogens (tertiary/aromatic N) is 1. The van der Waals surface area contributed by atoms with Gasteiger partial charge in [0.2, 0.25) is 5.91 Å². The van der Waals surface area contributed by atoms with E-state index in [2.05, 4.69) is 5.32 Å². The number of carbonyl (C=O) groups is 1. The van der Waals surface area contributed by atoms with Gasteiger partial charge in [0.25, 0.3) is 10.0 Å². The van der Waals surface area contributed by atoms with Crippen molar-refractivity contribution in [3.05, 3.63) is 17.5 Å². The van der Waals surface area contributed by atoms with Crippen LogP contribution in [0.2, 0.25) is 0 Å². The molecule has 1 N–H and O–H groups in total. The third-order valence-corrected chi connectivity index (χ3v) is 6.81. The molecule has 6 nitrogen and oxygen atoms in total. The molecule has 124 valence electrons. The Bertz CT molecular complexity index is 572. The van der Waals surface area contributed by atoms with Crippen molar-refractivity contribution in [2.45, 2.75) is 36.4 Å². The second-order valence-corrected chi connectivity index (χ2v) is 8.11. The van der Waals surface area contributed by atoms with Crippen molar-refractivity contribution >= 4 is 27.3 Å². The van der Waals surface area contributed by atoms with Crippen molar-refractivity contribution in [3.63, 3.8) is 0 Å². The van der Waals surface area contributed by atoms with Crippen LogP contribution in [-0.4, -0.2) is 51.0 Å². The Hall–Kier alpha value is -0.960. The van der Waals surface area contributed by atoms with Gasteiger partial charge in [0.05, 0.1) is 0 Å². The second kappa shape index (κ2) is 8.05. The zero-order valence-electron chi connectivity index (χ0n) is 12.7. The molecule has 1 fully saturated rings. The van der Waals surface area contributed by atoms with Gasteiger partial charge in [0.1, 0.15) is 10.3 Å². The minimum absolute atomic E-state index is 0.214. The van der Waals surface area contributed by atoms with Crippen LogP contribution in [0.4, 0.5) is 0 Å². The average Bonchev–Trinajstić information content (AvgIpc) is 3.18. The van der Waals surface area contributed by atoms with Crippen LogP contribution >= 0.6 is 11.3 Å². The van der Waals surface area contributed by atoms with E-state index in [1.165, 1.54) is 15.6 Å². The number of ether oxygens (including phenoxy) is 1. The van der Waals surface area contributed by atoms with Crippen LogP contribution in [0.5, 0.6) is 0 Å². The monoisotopic (exact) mass is 346 g/mol. The Balaban J connectivity index is 1.94. The maximum atomic E-state index is 12.6. The first-order valence-electron chi connectivity index (χ1n) is 7.48. The van der Waals surface area contributed by atoms with Gasteiger partial charge < -0.3 is 10.1 Å². The minimum atomic E-state index is -3.56. The number of hydrogen-bond donors (Lipinski definition) is 1. The summed E-state index contributed by atoms with van der Waals surface area (Å²) >= 11 is 1.18. The van der Waals surface area contributed by atoms with Crippen molar-refractivity contribution < 1.29 is 17.9 Å². The summed E-state index contributed by atoms with van der Waals surface area (Å²) in [5.41, 5.74) is 0. The highest BCUT2D eigenvalue weighted by molar-refractivity contribution is 7.91. The smallest absolute Gasteiger partial charge is 0.253 e. The first kappa shape index (κ1) is 17.4. The minimum Gasteiger partial charge on any atom is -0.382 e. The summed E-state index contributed by atoms with van der Waals surface area (Å²) in [6.45, 7) is 4.08. The predicted octanol–water partition coefficient (Wildman–Crippen LogP) is 1.44. The van der Waals surface area contributed by atoms with Crippen molar-refractivity contribution in [1.29, 1.82) is 0 Å². The lowest BCUT2D eigenvalue weighted by molar-refractivity contribution is -0.124. The van der Waals surface area contributed by atoms with Crippen LogP contribution in [0.15, 0.2) is 21.7 Å². The molecule has 2 heterocycles. The predicted molar refractivity (Wildman–Crippen MR) is 85.4 cm³/mol. The summed E-state index contributed by atoms with van der Waals surface area (Å²) in [7, 11) is -3.56. The number of sulfonamides is 1. The molecule has 0 radical (unpaired) electrons. The largest absolute Gasteiger partial charge is 0.382 e. The highest BCUT2D eigenvalue weighted by atomic mass is 32.2. The van der Waals surface area contributed by atoms with Crippen LogP contribution in [0.1, 0.15) is 26.2 Å². The molecule has 0 saturated carbocycles. The topological polar surface area (TPSA) is 75.7 Å². The van der Waals surface area contributed by atoms with Gasteiger partial charge in [-0.25, -0.2) is 8.42 Å². The third kappa shape index (κ3) is 4.07. The maximum Gasteiger partial charge on any atom is 0.253 e. The zero-order chi connectivity index (χ0) is 16.0. The summed E-state index contributed by atoms with van der Waals surface area (Å²) in [6, 6.07) is 2.69. The summed E-state index contributed by atoms with van der Waals surface area (Å²) in [4.78, 5) is 12.3. The third-order valence-electron chi connectivity index (χ3n) is 3.53.